The van der Waals surface area contributed by atoms with E-state index >= 15 is 0 Å². The van der Waals surface area contributed by atoms with Gasteiger partial charge in [0, 0.05) is 37.8 Å². The fraction of sp³-hybridized carbons (Fsp3) is 0.500. The SMILES string of the molecule is CC(=O)N1CCC(Nc2ccc3c(c2)OC(F)(F)O3)CC1. The van der Waals surface area contributed by atoms with Crippen molar-refractivity contribution in [1.82, 2.24) is 4.90 Å². The number of nitrogens with zero attached hydrogens (tertiary/aromatic N) is 1. The van der Waals surface area contributed by atoms with E-state index in [1.54, 1.807) is 17.9 Å². The van der Waals surface area contributed by atoms with Crippen LogP contribution in [0, 0.1) is 0 Å². The van der Waals surface area contributed by atoms with Crippen LogP contribution in [0.4, 0.5) is 14.5 Å². The third-order valence-electron chi connectivity index (χ3n) is 3.71. The molecule has 0 atom stereocenters. The zero-order valence-electron chi connectivity index (χ0n) is 11.6. The predicted octanol–water partition coefficient (Wildman–Crippen LogP) is 2.43. The van der Waals surface area contributed by atoms with E-state index in [0.29, 0.717) is 18.8 Å². The van der Waals surface area contributed by atoms with Crippen molar-refractivity contribution in [2.45, 2.75) is 32.1 Å². The third-order valence-corrected chi connectivity index (χ3v) is 3.71. The van der Waals surface area contributed by atoms with Gasteiger partial charge in [0.05, 0.1) is 0 Å². The first-order valence-corrected chi connectivity index (χ1v) is 6.85. The van der Waals surface area contributed by atoms with Gasteiger partial charge < -0.3 is 19.7 Å². The Bertz CT molecular complexity index is 557. The average Bonchev–Trinajstić information content (AvgIpc) is 2.72. The second-order valence-electron chi connectivity index (χ2n) is 5.25. The van der Waals surface area contributed by atoms with Gasteiger partial charge in [0.15, 0.2) is 11.5 Å². The Kier molecular flexibility index (Phi) is 3.35. The number of anilines is 1. The zero-order valence-corrected chi connectivity index (χ0v) is 11.6. The molecule has 1 amide bonds. The molecule has 2 aliphatic rings. The summed E-state index contributed by atoms with van der Waals surface area (Å²) in [5.74, 6) is 0.155. The van der Waals surface area contributed by atoms with E-state index in [1.807, 2.05) is 0 Å². The van der Waals surface area contributed by atoms with E-state index in [1.165, 1.54) is 12.1 Å². The van der Waals surface area contributed by atoms with Gasteiger partial charge in [0.2, 0.25) is 5.91 Å². The number of likely N-dealkylation sites (tertiary alicyclic amines) is 1. The molecule has 0 aliphatic carbocycles. The Hall–Kier alpha value is -2.05. The van der Waals surface area contributed by atoms with Crippen molar-refractivity contribution >= 4 is 11.6 Å². The van der Waals surface area contributed by atoms with Crippen molar-refractivity contribution < 1.29 is 23.0 Å². The van der Waals surface area contributed by atoms with Gasteiger partial charge in [-0.2, -0.15) is 0 Å². The Morgan fingerprint density at radius 1 is 1.29 bits per heavy atom. The van der Waals surface area contributed by atoms with Gasteiger partial charge in [0.1, 0.15) is 0 Å². The van der Waals surface area contributed by atoms with Gasteiger partial charge in [-0.15, -0.1) is 8.78 Å². The van der Waals surface area contributed by atoms with Crippen molar-refractivity contribution in [1.29, 1.82) is 0 Å². The molecule has 0 unspecified atom stereocenters. The van der Waals surface area contributed by atoms with Gasteiger partial charge in [0.25, 0.3) is 0 Å². The lowest BCUT2D eigenvalue weighted by Gasteiger charge is -2.32. The van der Waals surface area contributed by atoms with Crippen LogP contribution < -0.4 is 14.8 Å². The molecule has 1 fully saturated rings. The van der Waals surface area contributed by atoms with E-state index in [4.69, 9.17) is 0 Å². The fourth-order valence-corrected chi connectivity index (χ4v) is 2.61. The van der Waals surface area contributed by atoms with E-state index < -0.39 is 6.29 Å². The summed E-state index contributed by atoms with van der Waals surface area (Å²) in [7, 11) is 0. The van der Waals surface area contributed by atoms with Crippen LogP contribution in [0.3, 0.4) is 0 Å². The summed E-state index contributed by atoms with van der Waals surface area (Å²) in [6, 6.07) is 4.86. The summed E-state index contributed by atoms with van der Waals surface area (Å²) >= 11 is 0. The van der Waals surface area contributed by atoms with Crippen molar-refractivity contribution in [3.05, 3.63) is 18.2 Å². The lowest BCUT2D eigenvalue weighted by molar-refractivity contribution is -0.286. The van der Waals surface area contributed by atoms with Crippen molar-refractivity contribution in [3.8, 4) is 11.5 Å². The highest BCUT2D eigenvalue weighted by molar-refractivity contribution is 5.73. The van der Waals surface area contributed by atoms with Crippen molar-refractivity contribution in [2.24, 2.45) is 0 Å². The summed E-state index contributed by atoms with van der Waals surface area (Å²) in [4.78, 5) is 13.1. The molecule has 2 aliphatic heterocycles. The highest BCUT2D eigenvalue weighted by Gasteiger charge is 2.43. The molecule has 0 spiro atoms. The summed E-state index contributed by atoms with van der Waals surface area (Å²) in [5, 5.41) is 3.28. The number of halogens is 2. The van der Waals surface area contributed by atoms with Crippen molar-refractivity contribution in [3.63, 3.8) is 0 Å². The van der Waals surface area contributed by atoms with E-state index in [9.17, 15) is 13.6 Å². The topological polar surface area (TPSA) is 50.8 Å². The van der Waals surface area contributed by atoms with Crippen LogP contribution in [-0.2, 0) is 4.79 Å². The van der Waals surface area contributed by atoms with E-state index in [2.05, 4.69) is 14.8 Å². The van der Waals surface area contributed by atoms with E-state index in [-0.39, 0.29) is 23.4 Å². The van der Waals surface area contributed by atoms with Gasteiger partial charge >= 0.3 is 6.29 Å². The second-order valence-corrected chi connectivity index (χ2v) is 5.25. The predicted molar refractivity (Wildman–Crippen MR) is 71.5 cm³/mol. The Balaban J connectivity index is 1.61. The molecule has 5 nitrogen and oxygen atoms in total. The molecule has 7 heteroatoms. The molecule has 3 rings (SSSR count). The first-order chi connectivity index (χ1) is 9.93. The van der Waals surface area contributed by atoms with Crippen LogP contribution in [0.2, 0.25) is 0 Å². The molecular weight excluding hydrogens is 282 g/mol. The summed E-state index contributed by atoms with van der Waals surface area (Å²) in [6.07, 6.45) is -1.94. The maximum Gasteiger partial charge on any atom is 0.586 e. The summed E-state index contributed by atoms with van der Waals surface area (Å²) in [5.41, 5.74) is 0.705. The number of alkyl halides is 2. The zero-order chi connectivity index (χ0) is 15.0. The number of rotatable bonds is 2. The quantitative estimate of drug-likeness (QED) is 0.911. The number of carbonyl (C=O) groups is 1. The molecular formula is C14H16F2N2O3. The standard InChI is InChI=1S/C14H16F2N2O3/c1-9(19)18-6-4-10(5-7-18)17-11-2-3-12-13(8-11)21-14(15,16)20-12/h2-3,8,10,17H,4-7H2,1H3. The molecule has 0 bridgehead atoms. The Labute approximate surface area is 120 Å². The van der Waals surface area contributed by atoms with Crippen LogP contribution in [0.15, 0.2) is 18.2 Å². The Morgan fingerprint density at radius 2 is 1.95 bits per heavy atom. The minimum absolute atomic E-state index is 0.0335. The van der Waals surface area contributed by atoms with E-state index in [0.717, 1.165) is 12.8 Å². The molecule has 114 valence electrons. The molecule has 0 radical (unpaired) electrons. The Morgan fingerprint density at radius 3 is 2.62 bits per heavy atom. The number of fused-ring (bicyclic) bond motifs is 1. The number of ether oxygens (including phenoxy) is 2. The number of hydrogen-bond acceptors (Lipinski definition) is 4. The molecule has 1 saturated heterocycles. The number of benzene rings is 1. The number of carbonyl (C=O) groups excluding carboxylic acids is 1. The lowest BCUT2D eigenvalue weighted by Crippen LogP contribution is -2.41. The smallest absolute Gasteiger partial charge is 0.395 e. The molecule has 1 N–H and O–H groups in total. The maximum absolute atomic E-state index is 12.9. The minimum Gasteiger partial charge on any atom is -0.395 e. The maximum atomic E-state index is 12.9. The highest BCUT2D eigenvalue weighted by atomic mass is 19.3. The lowest BCUT2D eigenvalue weighted by atomic mass is 10.0. The van der Waals surface area contributed by atoms with Gasteiger partial charge in [-0.25, -0.2) is 0 Å². The first kappa shape index (κ1) is 13.9. The minimum atomic E-state index is -3.59. The van der Waals surface area contributed by atoms with Gasteiger partial charge in [-0.3, -0.25) is 4.79 Å². The molecule has 0 saturated carbocycles. The van der Waals surface area contributed by atoms with Crippen LogP contribution >= 0.6 is 0 Å². The van der Waals surface area contributed by atoms with Gasteiger partial charge in [-0.05, 0) is 25.0 Å². The normalized spacial score (nSPS) is 20.4. The first-order valence-electron chi connectivity index (χ1n) is 6.85. The molecule has 1 aromatic carbocycles. The summed E-state index contributed by atoms with van der Waals surface area (Å²) in [6.45, 7) is 2.97. The van der Waals surface area contributed by atoms with Crippen LogP contribution in [0.25, 0.3) is 0 Å². The monoisotopic (exact) mass is 298 g/mol. The average molecular weight is 298 g/mol. The van der Waals surface area contributed by atoms with Crippen molar-refractivity contribution in [2.75, 3.05) is 18.4 Å². The summed E-state index contributed by atoms with van der Waals surface area (Å²) < 4.78 is 34.7. The fourth-order valence-electron chi connectivity index (χ4n) is 2.61. The number of nitrogens with one attached hydrogen (secondary N) is 1. The second kappa shape index (κ2) is 5.05. The largest absolute Gasteiger partial charge is 0.586 e. The van der Waals surface area contributed by atoms with Gasteiger partial charge in [-0.1, -0.05) is 0 Å². The van der Waals surface area contributed by atoms with Crippen LogP contribution in [-0.4, -0.2) is 36.2 Å². The van der Waals surface area contributed by atoms with Crippen LogP contribution in [0.1, 0.15) is 19.8 Å². The molecule has 1 aromatic rings. The van der Waals surface area contributed by atoms with Crippen LogP contribution in [0.5, 0.6) is 11.5 Å². The third kappa shape index (κ3) is 3.01. The molecule has 0 aromatic heterocycles. The number of amides is 1. The molecule has 21 heavy (non-hydrogen) atoms. The highest BCUT2D eigenvalue weighted by Crippen LogP contribution is 2.42. The number of hydrogen-bond donors (Lipinski definition) is 1. The molecule has 2 heterocycles. The number of piperidine rings is 1.